The molecule has 6 N–H and O–H groups in total. The normalized spacial score (nSPS) is 22.2. The van der Waals surface area contributed by atoms with Gasteiger partial charge in [-0.05, 0) is 12.8 Å². The van der Waals surface area contributed by atoms with Gasteiger partial charge in [-0.1, -0.05) is 32.1 Å². The van der Waals surface area contributed by atoms with Gasteiger partial charge in [0, 0.05) is 25.6 Å². The number of ether oxygens (including phenoxy) is 2. The van der Waals surface area contributed by atoms with Crippen LogP contribution >= 0.6 is 23.5 Å². The molecule has 1 saturated heterocycles. The molecule has 234 valence electrons. The van der Waals surface area contributed by atoms with E-state index >= 15 is 0 Å². The number of nitrogens with one attached hydrogen (secondary N) is 1. The van der Waals surface area contributed by atoms with E-state index in [0.29, 0.717) is 6.61 Å². The molecule has 0 aliphatic carbocycles. The summed E-state index contributed by atoms with van der Waals surface area (Å²) in [5.41, 5.74) is -1.40. The number of aromatic nitrogens is 2. The predicted molar refractivity (Wildman–Crippen MR) is 141 cm³/mol. The SMILES string of the molecule is C#CCCCCCCCCCOCc1cn([C@H]2C[C@H](O)[C@@H](COP(=O)(O)OP(=O)(O)OP(=O)(O)O)O2)c(=O)[nH]c1=O. The van der Waals surface area contributed by atoms with E-state index < -0.39 is 59.8 Å². The third-order valence-electron chi connectivity index (χ3n) is 5.74. The molecule has 0 amide bonds. The highest BCUT2D eigenvalue weighted by molar-refractivity contribution is 7.66. The Morgan fingerprint density at radius 1 is 1.00 bits per heavy atom. The molecule has 41 heavy (non-hydrogen) atoms. The van der Waals surface area contributed by atoms with E-state index in [1.54, 1.807) is 0 Å². The Hall–Kier alpha value is -1.47. The summed E-state index contributed by atoms with van der Waals surface area (Å²) in [6, 6.07) is 0. The average molecular weight is 648 g/mol. The van der Waals surface area contributed by atoms with Gasteiger partial charge in [0.15, 0.2) is 0 Å². The fourth-order valence-electron chi connectivity index (χ4n) is 3.85. The Morgan fingerprint density at radius 3 is 2.27 bits per heavy atom. The number of phosphoric ester groups is 1. The smallest absolute Gasteiger partial charge is 0.390 e. The lowest BCUT2D eigenvalue weighted by Gasteiger charge is -2.19. The van der Waals surface area contributed by atoms with E-state index in [4.69, 9.17) is 25.7 Å². The van der Waals surface area contributed by atoms with Crippen LogP contribution < -0.4 is 11.2 Å². The van der Waals surface area contributed by atoms with Crippen molar-refractivity contribution >= 4 is 23.5 Å². The molecule has 0 radical (unpaired) electrons. The minimum atomic E-state index is -5.71. The molecular formula is C21H35N2O15P3. The first kappa shape index (κ1) is 35.7. The highest BCUT2D eigenvalue weighted by Gasteiger charge is 2.43. The molecular weight excluding hydrogens is 613 g/mol. The summed E-state index contributed by atoms with van der Waals surface area (Å²) in [7, 11) is -16.7. The third-order valence-corrected chi connectivity index (χ3v) is 9.54. The summed E-state index contributed by atoms with van der Waals surface area (Å²) in [4.78, 5) is 62.6. The largest absolute Gasteiger partial charge is 0.490 e. The van der Waals surface area contributed by atoms with Crippen molar-refractivity contribution in [3.63, 3.8) is 0 Å². The summed E-state index contributed by atoms with van der Waals surface area (Å²) in [6.07, 6.45) is 10.3. The van der Waals surface area contributed by atoms with Crippen molar-refractivity contribution in [2.75, 3.05) is 13.2 Å². The van der Waals surface area contributed by atoms with Crippen LogP contribution in [-0.2, 0) is 42.9 Å². The van der Waals surface area contributed by atoms with Crippen molar-refractivity contribution in [2.45, 2.75) is 82.8 Å². The molecule has 1 aliphatic rings. The monoisotopic (exact) mass is 648 g/mol. The maximum atomic E-state index is 12.4. The highest BCUT2D eigenvalue weighted by atomic mass is 31.3. The number of hydrogen-bond donors (Lipinski definition) is 6. The molecule has 2 rings (SSSR count). The topological polar surface area (TPSA) is 253 Å². The van der Waals surface area contributed by atoms with E-state index in [9.17, 15) is 38.2 Å². The Kier molecular flexibility index (Phi) is 14.3. The summed E-state index contributed by atoms with van der Waals surface area (Å²) < 4.78 is 57.8. The first-order valence-electron chi connectivity index (χ1n) is 12.6. The summed E-state index contributed by atoms with van der Waals surface area (Å²) in [5, 5.41) is 10.3. The Labute approximate surface area is 235 Å². The quantitative estimate of drug-likeness (QED) is 0.0710. The van der Waals surface area contributed by atoms with Gasteiger partial charge in [-0.25, -0.2) is 18.5 Å². The molecule has 20 heteroatoms. The lowest BCUT2D eigenvalue weighted by Crippen LogP contribution is -2.34. The molecule has 0 saturated carbocycles. The number of H-pyrrole nitrogens is 1. The summed E-state index contributed by atoms with van der Waals surface area (Å²) >= 11 is 0. The Bertz CT molecular complexity index is 1290. The maximum absolute atomic E-state index is 12.4. The second kappa shape index (κ2) is 16.4. The van der Waals surface area contributed by atoms with Crippen LogP contribution in [0.3, 0.4) is 0 Å². The number of unbranched alkanes of at least 4 members (excludes halogenated alkanes) is 7. The van der Waals surface area contributed by atoms with Crippen LogP contribution in [0.15, 0.2) is 15.8 Å². The van der Waals surface area contributed by atoms with Crippen molar-refractivity contribution < 1.29 is 61.0 Å². The molecule has 17 nitrogen and oxygen atoms in total. The standard InChI is InChI=1S/C21H35N2O15P3/c1-2-3-4-5-6-7-8-9-10-11-34-14-16-13-23(21(26)22-20(16)25)19-12-17(24)18(36-19)15-35-40(30,31)38-41(32,33)37-39(27,28)29/h1,13,17-19,24H,3-12,14-15H2,(H,30,31)(H,32,33)(H,22,25,26)(H2,27,28,29)/t17-,18+,19+/m0/s1. The second-order valence-electron chi connectivity index (χ2n) is 9.12. The van der Waals surface area contributed by atoms with Gasteiger partial charge in [-0.3, -0.25) is 18.9 Å². The number of aromatic amines is 1. The number of terminal acetylenes is 1. The average Bonchev–Trinajstić information content (AvgIpc) is 3.20. The van der Waals surface area contributed by atoms with Gasteiger partial charge >= 0.3 is 29.2 Å². The number of aliphatic hydroxyl groups is 1. The molecule has 0 bridgehead atoms. The van der Waals surface area contributed by atoms with Gasteiger partial charge in [0.05, 0.1) is 24.9 Å². The number of phosphoric acid groups is 3. The zero-order chi connectivity index (χ0) is 30.7. The van der Waals surface area contributed by atoms with E-state index in [2.05, 4.69) is 24.0 Å². The number of nitrogens with zero attached hydrogens (tertiary/aromatic N) is 1. The minimum Gasteiger partial charge on any atom is -0.390 e. The van der Waals surface area contributed by atoms with Gasteiger partial charge in [-0.15, -0.1) is 12.3 Å². The van der Waals surface area contributed by atoms with Gasteiger partial charge in [0.2, 0.25) is 0 Å². The second-order valence-corrected chi connectivity index (χ2v) is 13.5. The molecule has 0 spiro atoms. The lowest BCUT2D eigenvalue weighted by molar-refractivity contribution is -0.0452. The number of hydrogen-bond acceptors (Lipinski definition) is 11. The summed E-state index contributed by atoms with van der Waals surface area (Å²) in [5.74, 6) is 2.62. The van der Waals surface area contributed by atoms with Crippen LogP contribution in [-0.4, -0.2) is 59.7 Å². The molecule has 1 aromatic rings. The van der Waals surface area contributed by atoms with E-state index in [1.807, 2.05) is 0 Å². The Balaban J connectivity index is 1.85. The molecule has 0 aromatic carbocycles. The molecule has 1 aromatic heterocycles. The number of aliphatic hydroxyl groups excluding tert-OH is 1. The van der Waals surface area contributed by atoms with Gasteiger partial charge in [0.1, 0.15) is 12.3 Å². The fourth-order valence-corrected chi connectivity index (χ4v) is 6.88. The van der Waals surface area contributed by atoms with Crippen molar-refractivity contribution in [3.8, 4) is 12.3 Å². The predicted octanol–water partition coefficient (Wildman–Crippen LogP) is 1.80. The van der Waals surface area contributed by atoms with Crippen molar-refractivity contribution in [1.29, 1.82) is 0 Å². The first-order valence-corrected chi connectivity index (χ1v) is 17.1. The van der Waals surface area contributed by atoms with Crippen LogP contribution in [0.1, 0.15) is 69.6 Å². The zero-order valence-corrected chi connectivity index (χ0v) is 24.7. The van der Waals surface area contributed by atoms with Crippen molar-refractivity contribution in [3.05, 3.63) is 32.6 Å². The highest BCUT2D eigenvalue weighted by Crippen LogP contribution is 2.66. The van der Waals surface area contributed by atoms with E-state index in [0.717, 1.165) is 55.9 Å². The van der Waals surface area contributed by atoms with Crippen LogP contribution in [0.4, 0.5) is 0 Å². The van der Waals surface area contributed by atoms with E-state index in [1.165, 1.54) is 6.20 Å². The van der Waals surface area contributed by atoms with Gasteiger partial charge in [-0.2, -0.15) is 8.62 Å². The fraction of sp³-hybridized carbons (Fsp3) is 0.714. The van der Waals surface area contributed by atoms with Crippen LogP contribution in [0, 0.1) is 12.3 Å². The molecule has 2 heterocycles. The van der Waals surface area contributed by atoms with E-state index in [-0.39, 0.29) is 18.6 Å². The molecule has 2 unspecified atom stereocenters. The summed E-state index contributed by atoms with van der Waals surface area (Å²) in [6.45, 7) is -0.593. The zero-order valence-electron chi connectivity index (χ0n) is 22.0. The van der Waals surface area contributed by atoms with Gasteiger partial charge < -0.3 is 34.2 Å². The third kappa shape index (κ3) is 13.6. The lowest BCUT2D eigenvalue weighted by atomic mass is 10.1. The maximum Gasteiger partial charge on any atom is 0.490 e. The van der Waals surface area contributed by atoms with Crippen LogP contribution in [0.25, 0.3) is 0 Å². The van der Waals surface area contributed by atoms with Crippen LogP contribution in [0.2, 0.25) is 0 Å². The molecule has 5 atom stereocenters. The number of rotatable bonds is 19. The van der Waals surface area contributed by atoms with Gasteiger partial charge in [0.25, 0.3) is 5.56 Å². The van der Waals surface area contributed by atoms with Crippen molar-refractivity contribution in [1.82, 2.24) is 9.55 Å². The molecule has 1 aliphatic heterocycles. The minimum absolute atomic E-state index is 0.0908. The van der Waals surface area contributed by atoms with Crippen LogP contribution in [0.5, 0.6) is 0 Å². The molecule has 1 fully saturated rings. The Morgan fingerprint density at radius 2 is 1.63 bits per heavy atom. The first-order chi connectivity index (χ1) is 19.1. The van der Waals surface area contributed by atoms with Crippen molar-refractivity contribution in [2.24, 2.45) is 0 Å².